The highest BCUT2D eigenvalue weighted by atomic mass is 28.3. The van der Waals surface area contributed by atoms with Crippen LogP contribution in [-0.4, -0.2) is 8.07 Å². The van der Waals surface area contributed by atoms with E-state index in [4.69, 9.17) is 0 Å². The van der Waals surface area contributed by atoms with Crippen molar-refractivity contribution in [3.8, 4) is 11.1 Å². The summed E-state index contributed by atoms with van der Waals surface area (Å²) in [5, 5.41) is 5.52. The van der Waals surface area contributed by atoms with Crippen molar-refractivity contribution in [1.29, 1.82) is 0 Å². The molecule has 12 aromatic carbocycles. The number of benzene rings is 12. The maximum absolute atomic E-state index is 2.82. The molecule has 0 fully saturated rings. The third kappa shape index (κ3) is 6.35. The molecule has 0 bridgehead atoms. The van der Waals surface area contributed by atoms with Gasteiger partial charge in [0.2, 0.25) is 0 Å². The largest absolute Gasteiger partial charge is 0.311 e. The topological polar surface area (TPSA) is 6.48 Å². The number of para-hydroxylation sites is 4. The summed E-state index contributed by atoms with van der Waals surface area (Å²) in [7, 11) is -2.82. The Kier molecular flexibility index (Phi) is 10.4. The molecule has 0 aromatic heterocycles. The Bertz CT molecular complexity index is 3710. The van der Waals surface area contributed by atoms with Crippen LogP contribution < -0.4 is 30.5 Å². The van der Waals surface area contributed by atoms with Crippen molar-refractivity contribution in [3.63, 3.8) is 0 Å². The standard InChI is InChI=1S/C74H52N2Si/c1-7-27-53(28-8-1)73(54-29-9-2-10-30-54)63-39-19-21-41-67(63)75(68-42-22-20-40-64(68)73)57-47-49-61-62-50-48-58(52-66(62)74(65(61)51-57,55-31-11-3-12-32-55)56-33-13-4-14-34-56)76-69-43-23-25-45-71(69)77(59-35-15-5-16-36-59,60-37-17-6-18-38-60)72-46-26-24-44-70(72)76/h1-52H. The Labute approximate surface area is 452 Å². The monoisotopic (exact) mass is 996 g/mol. The van der Waals surface area contributed by atoms with Gasteiger partial charge in [-0.05, 0) is 125 Å². The van der Waals surface area contributed by atoms with Gasteiger partial charge in [0, 0.05) is 22.7 Å². The minimum Gasteiger partial charge on any atom is -0.311 e. The van der Waals surface area contributed by atoms with Gasteiger partial charge in [0.1, 0.15) is 0 Å². The molecule has 2 nitrogen and oxygen atoms in total. The Morgan fingerprint density at radius 3 is 0.896 bits per heavy atom. The summed E-state index contributed by atoms with van der Waals surface area (Å²) in [6.07, 6.45) is 0. The summed E-state index contributed by atoms with van der Waals surface area (Å²) in [6.45, 7) is 0. The summed E-state index contributed by atoms with van der Waals surface area (Å²) in [5.41, 5.74) is 18.2. The third-order valence-electron chi connectivity index (χ3n) is 17.1. The zero-order chi connectivity index (χ0) is 51.0. The van der Waals surface area contributed by atoms with Crippen molar-refractivity contribution in [2.75, 3.05) is 9.80 Å². The molecule has 0 N–H and O–H groups in total. The van der Waals surface area contributed by atoms with Crippen molar-refractivity contribution >= 4 is 62.9 Å². The number of hydrogen-bond donors (Lipinski definition) is 0. The molecule has 3 heteroatoms. The summed E-state index contributed by atoms with van der Waals surface area (Å²) in [6, 6.07) is 119. The second-order valence-corrected chi connectivity index (χ2v) is 24.4. The lowest BCUT2D eigenvalue weighted by Crippen LogP contribution is -2.77. The summed E-state index contributed by atoms with van der Waals surface area (Å²) < 4.78 is 0. The van der Waals surface area contributed by atoms with E-state index in [2.05, 4.69) is 325 Å². The minimum atomic E-state index is -2.82. The average Bonchev–Trinajstić information content (AvgIpc) is 3.96. The predicted molar refractivity (Wildman–Crippen MR) is 322 cm³/mol. The van der Waals surface area contributed by atoms with Gasteiger partial charge < -0.3 is 9.80 Å². The first-order valence-corrected chi connectivity index (χ1v) is 28.8. The van der Waals surface area contributed by atoms with E-state index >= 15 is 0 Å². The molecule has 15 rings (SSSR count). The van der Waals surface area contributed by atoms with Gasteiger partial charge in [-0.3, -0.25) is 0 Å². The molecule has 362 valence electrons. The highest BCUT2D eigenvalue weighted by molar-refractivity contribution is 7.21. The molecule has 2 aliphatic heterocycles. The van der Waals surface area contributed by atoms with Crippen LogP contribution in [0.4, 0.5) is 34.1 Å². The number of nitrogens with zero attached hydrogens (tertiary/aromatic N) is 2. The fourth-order valence-corrected chi connectivity index (χ4v) is 19.2. The van der Waals surface area contributed by atoms with Crippen LogP contribution in [0.3, 0.4) is 0 Å². The van der Waals surface area contributed by atoms with Crippen LogP contribution in [0.1, 0.15) is 44.5 Å². The van der Waals surface area contributed by atoms with Crippen LogP contribution in [0, 0.1) is 0 Å². The maximum Gasteiger partial charge on any atom is 0.184 e. The van der Waals surface area contributed by atoms with E-state index in [1.807, 2.05) is 0 Å². The molecule has 0 radical (unpaired) electrons. The highest BCUT2D eigenvalue weighted by Crippen LogP contribution is 2.61. The van der Waals surface area contributed by atoms with Gasteiger partial charge in [-0.1, -0.05) is 267 Å². The Hall–Kier alpha value is -9.54. The van der Waals surface area contributed by atoms with E-state index in [1.165, 1.54) is 87.8 Å². The van der Waals surface area contributed by atoms with Crippen molar-refractivity contribution in [2.45, 2.75) is 10.8 Å². The Morgan fingerprint density at radius 1 is 0.234 bits per heavy atom. The lowest BCUT2D eigenvalue weighted by atomic mass is 9.62. The molecule has 3 aliphatic rings. The first-order valence-electron chi connectivity index (χ1n) is 26.8. The van der Waals surface area contributed by atoms with Gasteiger partial charge in [0.25, 0.3) is 0 Å². The second kappa shape index (κ2) is 17.8. The first-order chi connectivity index (χ1) is 38.2. The number of rotatable bonds is 8. The van der Waals surface area contributed by atoms with Gasteiger partial charge in [0.15, 0.2) is 8.07 Å². The van der Waals surface area contributed by atoms with E-state index in [-0.39, 0.29) is 0 Å². The Morgan fingerprint density at radius 2 is 0.519 bits per heavy atom. The van der Waals surface area contributed by atoms with Crippen molar-refractivity contribution in [3.05, 3.63) is 360 Å². The molecule has 0 amide bonds. The molecule has 1 aliphatic carbocycles. The van der Waals surface area contributed by atoms with Gasteiger partial charge in [-0.15, -0.1) is 0 Å². The van der Waals surface area contributed by atoms with Gasteiger partial charge in [-0.25, -0.2) is 0 Å². The minimum absolute atomic E-state index is 0.566. The van der Waals surface area contributed by atoms with Crippen LogP contribution >= 0.6 is 0 Å². The van der Waals surface area contributed by atoms with Crippen LogP contribution in [0.25, 0.3) is 11.1 Å². The molecule has 0 saturated heterocycles. The molecular weight excluding hydrogens is 945 g/mol. The maximum atomic E-state index is 2.56. The van der Waals surface area contributed by atoms with Crippen LogP contribution in [0.2, 0.25) is 0 Å². The van der Waals surface area contributed by atoms with Crippen molar-refractivity contribution in [1.82, 2.24) is 0 Å². The van der Waals surface area contributed by atoms with Gasteiger partial charge in [0.05, 0.1) is 22.2 Å². The van der Waals surface area contributed by atoms with Crippen LogP contribution in [-0.2, 0) is 10.8 Å². The van der Waals surface area contributed by atoms with Crippen LogP contribution in [0.5, 0.6) is 0 Å². The smallest absolute Gasteiger partial charge is 0.184 e. The average molecular weight is 997 g/mol. The molecule has 0 atom stereocenters. The summed E-state index contributed by atoms with van der Waals surface area (Å²) >= 11 is 0. The van der Waals surface area contributed by atoms with E-state index in [9.17, 15) is 0 Å². The number of hydrogen-bond acceptors (Lipinski definition) is 2. The zero-order valence-corrected chi connectivity index (χ0v) is 43.4. The number of fused-ring (bicyclic) bond motifs is 7. The Balaban J connectivity index is 0.973. The summed E-state index contributed by atoms with van der Waals surface area (Å²) in [5.74, 6) is 0. The van der Waals surface area contributed by atoms with E-state index in [1.54, 1.807) is 0 Å². The molecule has 0 saturated carbocycles. The lowest BCUT2D eigenvalue weighted by Gasteiger charge is -2.46. The fourth-order valence-electron chi connectivity index (χ4n) is 14.1. The molecule has 77 heavy (non-hydrogen) atoms. The van der Waals surface area contributed by atoms with Crippen molar-refractivity contribution in [2.24, 2.45) is 0 Å². The molecule has 0 unspecified atom stereocenters. The zero-order valence-electron chi connectivity index (χ0n) is 42.4. The number of anilines is 6. The molecule has 0 spiro atoms. The van der Waals surface area contributed by atoms with Gasteiger partial charge in [-0.2, -0.15) is 0 Å². The normalized spacial score (nSPS) is 14.8. The molecular formula is C74H52N2Si. The van der Waals surface area contributed by atoms with E-state index in [0.717, 1.165) is 22.7 Å². The quantitative estimate of drug-likeness (QED) is 0.140. The first kappa shape index (κ1) is 44.9. The SMILES string of the molecule is c1ccc(C2(c3ccccc3)c3cc(N4c5ccccc5C(c5ccccc5)(c5ccccc5)c5ccccc54)ccc3-c3ccc(N4c5ccccc5[Si](c5ccccc5)(c5ccccc5)c5ccccc54)cc32)cc1. The molecule has 12 aromatic rings. The fraction of sp³-hybridized carbons (Fsp3) is 0.0270. The van der Waals surface area contributed by atoms with E-state index in [0.29, 0.717) is 0 Å². The molecule has 2 heterocycles. The summed E-state index contributed by atoms with van der Waals surface area (Å²) in [4.78, 5) is 5.09. The lowest BCUT2D eigenvalue weighted by molar-refractivity contribution is 0.730. The van der Waals surface area contributed by atoms with E-state index < -0.39 is 18.9 Å². The van der Waals surface area contributed by atoms with Crippen LogP contribution in [0.15, 0.2) is 315 Å². The van der Waals surface area contributed by atoms with Crippen molar-refractivity contribution < 1.29 is 0 Å². The second-order valence-electron chi connectivity index (χ2n) is 20.6. The third-order valence-corrected chi connectivity index (χ3v) is 21.9. The predicted octanol–water partition coefficient (Wildman–Crippen LogP) is 15.4. The highest BCUT2D eigenvalue weighted by Gasteiger charge is 2.51. The van der Waals surface area contributed by atoms with Gasteiger partial charge >= 0.3 is 0 Å².